The maximum atomic E-state index is 12.4. The van der Waals surface area contributed by atoms with E-state index in [4.69, 9.17) is 9.47 Å². The van der Waals surface area contributed by atoms with E-state index in [1.807, 2.05) is 48.5 Å². The highest BCUT2D eigenvalue weighted by atomic mass is 16.5. The molecule has 0 radical (unpaired) electrons. The second-order valence-corrected chi connectivity index (χ2v) is 7.99. The quantitative estimate of drug-likeness (QED) is 0.438. The van der Waals surface area contributed by atoms with Crippen molar-refractivity contribution in [3.8, 4) is 5.75 Å². The number of ether oxygens (including phenoxy) is 2. The van der Waals surface area contributed by atoms with Crippen LogP contribution < -0.4 is 4.74 Å². The van der Waals surface area contributed by atoms with E-state index in [0.29, 0.717) is 19.1 Å². The molecule has 3 aromatic rings. The summed E-state index contributed by atoms with van der Waals surface area (Å²) in [7, 11) is 0. The van der Waals surface area contributed by atoms with Gasteiger partial charge in [0.2, 0.25) is 0 Å². The third-order valence-corrected chi connectivity index (χ3v) is 5.88. The number of rotatable bonds is 7. The topological polar surface area (TPSA) is 35.5 Å². The molecule has 1 saturated carbocycles. The van der Waals surface area contributed by atoms with Gasteiger partial charge in [0, 0.05) is 0 Å². The molecule has 1 aliphatic rings. The summed E-state index contributed by atoms with van der Waals surface area (Å²) in [4.78, 5) is 12.4. The molecule has 3 aromatic carbocycles. The van der Waals surface area contributed by atoms with Crippen LogP contribution in [0.25, 0.3) is 0 Å². The van der Waals surface area contributed by atoms with Crippen molar-refractivity contribution >= 4 is 5.97 Å². The predicted octanol–water partition coefficient (Wildman–Crippen LogP) is 6.28. The second-order valence-electron chi connectivity index (χ2n) is 7.99. The van der Waals surface area contributed by atoms with E-state index in [9.17, 15) is 4.79 Å². The van der Waals surface area contributed by atoms with Gasteiger partial charge in [0.1, 0.15) is 19.0 Å². The average Bonchev–Trinajstić information content (AvgIpc) is 2.83. The summed E-state index contributed by atoms with van der Waals surface area (Å²) < 4.78 is 11.4. The lowest BCUT2D eigenvalue weighted by atomic mass is 9.79. The highest BCUT2D eigenvalue weighted by Crippen LogP contribution is 2.37. The first-order valence-electron chi connectivity index (χ1n) is 10.7. The lowest BCUT2D eigenvalue weighted by Gasteiger charge is -2.27. The van der Waals surface area contributed by atoms with E-state index in [-0.39, 0.29) is 11.9 Å². The molecule has 1 aliphatic carbocycles. The summed E-state index contributed by atoms with van der Waals surface area (Å²) in [5, 5.41) is 0. The predicted molar refractivity (Wildman–Crippen MR) is 118 cm³/mol. The van der Waals surface area contributed by atoms with Crippen LogP contribution in [0.1, 0.15) is 48.3 Å². The fraction of sp³-hybridized carbons (Fsp3) is 0.296. The van der Waals surface area contributed by atoms with Crippen molar-refractivity contribution in [3.05, 3.63) is 102 Å². The molecule has 0 atom stereocenters. The van der Waals surface area contributed by atoms with E-state index < -0.39 is 0 Å². The summed E-state index contributed by atoms with van der Waals surface area (Å²) in [6.45, 7) is 0.945. The van der Waals surface area contributed by atoms with Crippen LogP contribution in [0.3, 0.4) is 0 Å². The minimum absolute atomic E-state index is 0.0263. The molecule has 3 nitrogen and oxygen atoms in total. The van der Waals surface area contributed by atoms with Crippen molar-refractivity contribution in [2.24, 2.45) is 5.92 Å². The standard InChI is InChI=1S/C27H28O3/c28-27(30-20-22-9-5-2-6-10-22)25-13-11-23(12-14-25)24-15-17-26(18-16-24)29-19-21-7-3-1-4-8-21/h1-10,15-18,23,25H,11-14,19-20H2/t23-,25-. The Kier molecular flexibility index (Phi) is 6.81. The van der Waals surface area contributed by atoms with Crippen molar-refractivity contribution in [2.45, 2.75) is 44.8 Å². The van der Waals surface area contributed by atoms with Gasteiger partial charge in [-0.25, -0.2) is 0 Å². The summed E-state index contributed by atoms with van der Waals surface area (Å²) in [6, 6.07) is 28.5. The Morgan fingerprint density at radius 2 is 1.27 bits per heavy atom. The molecule has 1 fully saturated rings. The lowest BCUT2D eigenvalue weighted by Crippen LogP contribution is -2.23. The van der Waals surface area contributed by atoms with Crippen molar-refractivity contribution < 1.29 is 14.3 Å². The Hall–Kier alpha value is -3.07. The van der Waals surface area contributed by atoms with Crippen molar-refractivity contribution in [2.75, 3.05) is 0 Å². The van der Waals surface area contributed by atoms with E-state index >= 15 is 0 Å². The number of hydrogen-bond donors (Lipinski definition) is 0. The first kappa shape index (κ1) is 20.2. The van der Waals surface area contributed by atoms with Crippen molar-refractivity contribution in [1.29, 1.82) is 0 Å². The second kappa shape index (κ2) is 10.1. The molecule has 0 saturated heterocycles. The van der Waals surface area contributed by atoms with E-state index in [1.165, 1.54) is 11.1 Å². The van der Waals surface area contributed by atoms with Crippen LogP contribution in [0.4, 0.5) is 0 Å². The maximum absolute atomic E-state index is 12.4. The number of carbonyl (C=O) groups excluding carboxylic acids is 1. The molecule has 154 valence electrons. The molecule has 0 amide bonds. The molecule has 30 heavy (non-hydrogen) atoms. The summed E-state index contributed by atoms with van der Waals surface area (Å²) >= 11 is 0. The van der Waals surface area contributed by atoms with Crippen LogP contribution in [0, 0.1) is 5.92 Å². The molecule has 0 bridgehead atoms. The smallest absolute Gasteiger partial charge is 0.309 e. The van der Waals surface area contributed by atoms with Gasteiger partial charge in [-0.05, 0) is 60.4 Å². The number of benzene rings is 3. The van der Waals surface area contributed by atoms with Gasteiger partial charge < -0.3 is 9.47 Å². The highest BCUT2D eigenvalue weighted by Gasteiger charge is 2.28. The zero-order valence-electron chi connectivity index (χ0n) is 17.2. The molecule has 0 unspecified atom stereocenters. The van der Waals surface area contributed by atoms with Crippen molar-refractivity contribution in [3.63, 3.8) is 0 Å². The summed E-state index contributed by atoms with van der Waals surface area (Å²) in [5.41, 5.74) is 3.53. The van der Waals surface area contributed by atoms with Crippen molar-refractivity contribution in [1.82, 2.24) is 0 Å². The van der Waals surface area contributed by atoms with Crippen LogP contribution >= 0.6 is 0 Å². The van der Waals surface area contributed by atoms with Gasteiger partial charge in [-0.2, -0.15) is 0 Å². The van der Waals surface area contributed by atoms with Crippen LogP contribution in [-0.2, 0) is 22.7 Å². The number of esters is 1. The number of carbonyl (C=O) groups is 1. The normalized spacial score (nSPS) is 18.5. The van der Waals surface area contributed by atoms with E-state index in [0.717, 1.165) is 37.0 Å². The van der Waals surface area contributed by atoms with Gasteiger partial charge in [0.15, 0.2) is 0 Å². The molecule has 0 aromatic heterocycles. The summed E-state index contributed by atoms with van der Waals surface area (Å²) in [6.07, 6.45) is 3.83. The van der Waals surface area contributed by atoms with Gasteiger partial charge in [-0.15, -0.1) is 0 Å². The molecular formula is C27H28O3. The third kappa shape index (κ3) is 5.50. The Bertz CT molecular complexity index is 911. The van der Waals surface area contributed by atoms with Crippen LogP contribution in [0.2, 0.25) is 0 Å². The van der Waals surface area contributed by atoms with E-state index in [2.05, 4.69) is 36.4 Å². The zero-order chi connectivity index (χ0) is 20.6. The SMILES string of the molecule is O=C(OCc1ccccc1)[C@H]1CC[C@H](c2ccc(OCc3ccccc3)cc2)CC1. The maximum Gasteiger partial charge on any atom is 0.309 e. The van der Waals surface area contributed by atoms with Crippen LogP contribution in [0.15, 0.2) is 84.9 Å². The third-order valence-electron chi connectivity index (χ3n) is 5.88. The lowest BCUT2D eigenvalue weighted by molar-refractivity contribution is -0.151. The van der Waals surface area contributed by atoms with Gasteiger partial charge in [0.05, 0.1) is 5.92 Å². The number of hydrogen-bond acceptors (Lipinski definition) is 3. The van der Waals surface area contributed by atoms with Gasteiger partial charge in [-0.3, -0.25) is 4.79 Å². The highest BCUT2D eigenvalue weighted by molar-refractivity contribution is 5.72. The molecule has 0 spiro atoms. The average molecular weight is 401 g/mol. The molecule has 4 rings (SSSR count). The Morgan fingerprint density at radius 1 is 0.700 bits per heavy atom. The Morgan fingerprint density at radius 3 is 1.87 bits per heavy atom. The Labute approximate surface area is 178 Å². The fourth-order valence-corrected chi connectivity index (χ4v) is 4.09. The molecule has 0 aliphatic heterocycles. The first-order chi connectivity index (χ1) is 14.8. The van der Waals surface area contributed by atoms with Crippen LogP contribution in [-0.4, -0.2) is 5.97 Å². The largest absolute Gasteiger partial charge is 0.489 e. The molecule has 3 heteroatoms. The first-order valence-corrected chi connectivity index (χ1v) is 10.7. The molecular weight excluding hydrogens is 372 g/mol. The minimum atomic E-state index is -0.0537. The zero-order valence-corrected chi connectivity index (χ0v) is 17.2. The monoisotopic (exact) mass is 400 g/mol. The van der Waals surface area contributed by atoms with E-state index in [1.54, 1.807) is 0 Å². The summed E-state index contributed by atoms with van der Waals surface area (Å²) in [5.74, 6) is 1.37. The van der Waals surface area contributed by atoms with Crippen LogP contribution in [0.5, 0.6) is 5.75 Å². The molecule has 0 N–H and O–H groups in total. The van der Waals surface area contributed by atoms with Gasteiger partial charge >= 0.3 is 5.97 Å². The Balaban J connectivity index is 1.23. The van der Waals surface area contributed by atoms with Gasteiger partial charge in [-0.1, -0.05) is 72.8 Å². The van der Waals surface area contributed by atoms with Gasteiger partial charge in [0.25, 0.3) is 0 Å². The fourth-order valence-electron chi connectivity index (χ4n) is 4.09. The minimum Gasteiger partial charge on any atom is -0.489 e. The molecule has 0 heterocycles.